The van der Waals surface area contributed by atoms with Crippen molar-refractivity contribution < 1.29 is 4.79 Å². The van der Waals surface area contributed by atoms with Gasteiger partial charge in [-0.25, -0.2) is 0 Å². The first-order chi connectivity index (χ1) is 13.1. The molecule has 2 N–H and O–H groups in total. The number of nitrogens with zero attached hydrogens (tertiary/aromatic N) is 2. The molecule has 1 aliphatic carbocycles. The standard InChI is InChI=1S/C21H27ClN4O/c1-26-13-16(10-24-26)18-11-23-12-19(18)21(27)25-20(14-4-2-3-5-14)15-6-8-17(22)9-7-15/h6-10,13-14,18-20,23H,2-5,11-12H2,1H3,(H,25,27)/t18-,19+,20?/m1/s1. The molecule has 2 heterocycles. The minimum atomic E-state index is -0.0644. The van der Waals surface area contributed by atoms with Gasteiger partial charge in [0.15, 0.2) is 0 Å². The van der Waals surface area contributed by atoms with Gasteiger partial charge in [-0.1, -0.05) is 36.6 Å². The number of hydrogen-bond donors (Lipinski definition) is 2. The molecule has 27 heavy (non-hydrogen) atoms. The van der Waals surface area contributed by atoms with E-state index < -0.39 is 0 Å². The van der Waals surface area contributed by atoms with Crippen LogP contribution in [0.5, 0.6) is 0 Å². The van der Waals surface area contributed by atoms with E-state index in [1.807, 2.05) is 31.6 Å². The summed E-state index contributed by atoms with van der Waals surface area (Å²) in [5.41, 5.74) is 2.29. The summed E-state index contributed by atoms with van der Waals surface area (Å²) in [6, 6.07) is 8.00. The topological polar surface area (TPSA) is 59.0 Å². The summed E-state index contributed by atoms with van der Waals surface area (Å²) in [5, 5.41) is 11.8. The third-order valence-corrected chi connectivity index (χ3v) is 6.35. The predicted molar refractivity (Wildman–Crippen MR) is 107 cm³/mol. The van der Waals surface area contributed by atoms with Gasteiger partial charge in [-0.15, -0.1) is 0 Å². The Labute approximate surface area is 165 Å². The SMILES string of the molecule is Cn1cc([C@H]2CNC[C@@H]2C(=O)NC(c2ccc(Cl)cc2)C2CCCC2)cn1. The second-order valence-corrected chi connectivity index (χ2v) is 8.34. The molecule has 5 nitrogen and oxygen atoms in total. The van der Waals surface area contributed by atoms with E-state index in [0.717, 1.165) is 22.7 Å². The highest BCUT2D eigenvalue weighted by molar-refractivity contribution is 6.30. The maximum Gasteiger partial charge on any atom is 0.225 e. The average Bonchev–Trinajstić information content (AvgIpc) is 3.41. The Hall–Kier alpha value is -1.85. The first kappa shape index (κ1) is 18.5. The molecule has 2 aliphatic rings. The van der Waals surface area contributed by atoms with Crippen molar-refractivity contribution in [1.82, 2.24) is 20.4 Å². The van der Waals surface area contributed by atoms with E-state index in [0.29, 0.717) is 12.5 Å². The van der Waals surface area contributed by atoms with Gasteiger partial charge in [0.2, 0.25) is 5.91 Å². The summed E-state index contributed by atoms with van der Waals surface area (Å²) in [6.07, 6.45) is 8.73. The van der Waals surface area contributed by atoms with Crippen LogP contribution in [0.1, 0.15) is 48.8 Å². The molecule has 1 aliphatic heterocycles. The molecular weight excluding hydrogens is 360 g/mol. The highest BCUT2D eigenvalue weighted by atomic mass is 35.5. The zero-order valence-corrected chi connectivity index (χ0v) is 16.5. The lowest BCUT2D eigenvalue weighted by Gasteiger charge is -2.28. The molecular formula is C21H27ClN4O. The largest absolute Gasteiger partial charge is 0.349 e. The Kier molecular flexibility index (Phi) is 5.50. The Balaban J connectivity index is 1.53. The number of aryl methyl sites for hydroxylation is 1. The third kappa shape index (κ3) is 4.04. The van der Waals surface area contributed by atoms with E-state index in [9.17, 15) is 4.79 Å². The first-order valence-corrected chi connectivity index (χ1v) is 10.2. The van der Waals surface area contributed by atoms with Crippen LogP contribution in [0, 0.1) is 11.8 Å². The highest BCUT2D eigenvalue weighted by Crippen LogP contribution is 2.37. The molecule has 1 aromatic heterocycles. The zero-order valence-electron chi connectivity index (χ0n) is 15.7. The van der Waals surface area contributed by atoms with Crippen LogP contribution in [-0.4, -0.2) is 28.8 Å². The molecule has 1 unspecified atom stereocenters. The Morgan fingerprint density at radius 2 is 2.00 bits per heavy atom. The fourth-order valence-corrected chi connectivity index (χ4v) is 4.76. The van der Waals surface area contributed by atoms with Crippen molar-refractivity contribution in [3.8, 4) is 0 Å². The van der Waals surface area contributed by atoms with Crippen molar-refractivity contribution in [2.24, 2.45) is 18.9 Å². The lowest BCUT2D eigenvalue weighted by molar-refractivity contribution is -0.126. The molecule has 4 rings (SSSR count). The number of carbonyl (C=O) groups is 1. The van der Waals surface area contributed by atoms with Crippen LogP contribution in [0.25, 0.3) is 0 Å². The molecule has 2 fully saturated rings. The average molecular weight is 387 g/mol. The fraction of sp³-hybridized carbons (Fsp3) is 0.524. The minimum Gasteiger partial charge on any atom is -0.349 e. The van der Waals surface area contributed by atoms with E-state index in [4.69, 9.17) is 11.6 Å². The number of carbonyl (C=O) groups excluding carboxylic acids is 1. The van der Waals surface area contributed by atoms with Gasteiger partial charge in [0, 0.05) is 37.3 Å². The molecule has 144 valence electrons. The summed E-state index contributed by atoms with van der Waals surface area (Å²) >= 11 is 6.07. The quantitative estimate of drug-likeness (QED) is 0.827. The van der Waals surface area contributed by atoms with Gasteiger partial charge in [-0.3, -0.25) is 9.48 Å². The third-order valence-electron chi connectivity index (χ3n) is 6.10. The lowest BCUT2D eigenvalue weighted by Crippen LogP contribution is -2.39. The summed E-state index contributed by atoms with van der Waals surface area (Å²) in [5.74, 6) is 0.751. The summed E-state index contributed by atoms with van der Waals surface area (Å²) in [7, 11) is 1.91. The highest BCUT2D eigenvalue weighted by Gasteiger charge is 2.37. The van der Waals surface area contributed by atoms with Crippen LogP contribution in [0.3, 0.4) is 0 Å². The summed E-state index contributed by atoms with van der Waals surface area (Å²) < 4.78 is 1.80. The maximum absolute atomic E-state index is 13.2. The number of halogens is 1. The number of aromatic nitrogens is 2. The molecule has 1 saturated carbocycles. The number of amides is 1. The van der Waals surface area contributed by atoms with Crippen molar-refractivity contribution in [2.75, 3.05) is 13.1 Å². The number of benzene rings is 1. The molecule has 1 aromatic carbocycles. The molecule has 1 saturated heterocycles. The van der Waals surface area contributed by atoms with Crippen molar-refractivity contribution in [3.05, 3.63) is 52.8 Å². The first-order valence-electron chi connectivity index (χ1n) is 9.87. The van der Waals surface area contributed by atoms with Crippen molar-refractivity contribution in [1.29, 1.82) is 0 Å². The van der Waals surface area contributed by atoms with Crippen molar-refractivity contribution in [2.45, 2.75) is 37.6 Å². The van der Waals surface area contributed by atoms with E-state index >= 15 is 0 Å². The second-order valence-electron chi connectivity index (χ2n) is 7.90. The van der Waals surface area contributed by atoms with Gasteiger partial charge in [-0.05, 0) is 42.0 Å². The zero-order chi connectivity index (χ0) is 18.8. The van der Waals surface area contributed by atoms with Gasteiger partial charge < -0.3 is 10.6 Å². The van der Waals surface area contributed by atoms with E-state index in [1.54, 1.807) is 4.68 Å². The van der Waals surface area contributed by atoms with Gasteiger partial charge >= 0.3 is 0 Å². The number of hydrogen-bond acceptors (Lipinski definition) is 3. The normalized spacial score (nSPS) is 24.2. The van der Waals surface area contributed by atoms with Crippen LogP contribution in [0.2, 0.25) is 5.02 Å². The number of rotatable bonds is 5. The molecule has 1 amide bonds. The lowest BCUT2D eigenvalue weighted by atomic mass is 9.87. The smallest absolute Gasteiger partial charge is 0.225 e. The van der Waals surface area contributed by atoms with Crippen LogP contribution in [0.4, 0.5) is 0 Å². The molecule has 0 bridgehead atoms. The predicted octanol–water partition coefficient (Wildman–Crippen LogP) is 3.42. The minimum absolute atomic E-state index is 0.0624. The Bertz CT molecular complexity index is 782. The molecule has 6 heteroatoms. The van der Waals surface area contributed by atoms with Gasteiger partial charge in [0.1, 0.15) is 0 Å². The van der Waals surface area contributed by atoms with E-state index in [1.165, 1.54) is 25.7 Å². The van der Waals surface area contributed by atoms with Gasteiger partial charge in [-0.2, -0.15) is 5.10 Å². The number of nitrogens with one attached hydrogen (secondary N) is 2. The molecule has 3 atom stereocenters. The Morgan fingerprint density at radius 1 is 1.26 bits per heavy atom. The molecule has 0 spiro atoms. The van der Waals surface area contributed by atoms with Crippen LogP contribution < -0.4 is 10.6 Å². The molecule has 2 aromatic rings. The van der Waals surface area contributed by atoms with E-state index in [2.05, 4.69) is 27.9 Å². The van der Waals surface area contributed by atoms with E-state index in [-0.39, 0.29) is 23.8 Å². The Morgan fingerprint density at radius 3 is 2.67 bits per heavy atom. The van der Waals surface area contributed by atoms with Gasteiger partial charge in [0.25, 0.3) is 0 Å². The maximum atomic E-state index is 13.2. The summed E-state index contributed by atoms with van der Waals surface area (Å²) in [6.45, 7) is 1.53. The van der Waals surface area contributed by atoms with Crippen molar-refractivity contribution in [3.63, 3.8) is 0 Å². The van der Waals surface area contributed by atoms with Crippen LogP contribution in [0.15, 0.2) is 36.7 Å². The monoisotopic (exact) mass is 386 g/mol. The summed E-state index contributed by atoms with van der Waals surface area (Å²) in [4.78, 5) is 13.2. The van der Waals surface area contributed by atoms with Crippen LogP contribution in [-0.2, 0) is 11.8 Å². The van der Waals surface area contributed by atoms with Gasteiger partial charge in [0.05, 0.1) is 18.2 Å². The van der Waals surface area contributed by atoms with Crippen LogP contribution >= 0.6 is 11.6 Å². The molecule has 0 radical (unpaired) electrons. The fourth-order valence-electron chi connectivity index (χ4n) is 4.63. The van der Waals surface area contributed by atoms with Crippen molar-refractivity contribution >= 4 is 17.5 Å². The second kappa shape index (κ2) is 8.03.